The second kappa shape index (κ2) is 6.72. The largest absolute Gasteiger partial charge is 0.466 e. The predicted octanol–water partition coefficient (Wildman–Crippen LogP) is 3.30. The summed E-state index contributed by atoms with van der Waals surface area (Å²) in [5, 5.41) is 0. The van der Waals surface area contributed by atoms with Crippen LogP contribution in [-0.2, 0) is 25.9 Å². The van der Waals surface area contributed by atoms with E-state index in [-0.39, 0.29) is 0 Å². The minimum Gasteiger partial charge on any atom is -0.466 e. The van der Waals surface area contributed by atoms with Crippen molar-refractivity contribution in [3.05, 3.63) is 11.8 Å². The molecule has 0 aromatic carbocycles. The zero-order valence-corrected chi connectivity index (χ0v) is 11.4. The highest BCUT2D eigenvalue weighted by molar-refractivity contribution is 8.76. The molecule has 0 amide bonds. The van der Waals surface area contributed by atoms with Crippen LogP contribution in [0.4, 0.5) is 0 Å². The number of rotatable bonds is 5. The Bertz CT molecular complexity index is 280. The molecule has 1 unspecified atom stereocenters. The summed E-state index contributed by atoms with van der Waals surface area (Å²) in [6.07, 6.45) is 1.22. The number of halogens is 1. The summed E-state index contributed by atoms with van der Waals surface area (Å²) in [5.74, 6) is 0.693. The Kier molecular flexibility index (Phi) is 6.87. The van der Waals surface area contributed by atoms with Crippen LogP contribution in [0, 0.1) is 0 Å². The summed E-state index contributed by atoms with van der Waals surface area (Å²) in [7, 11) is 1.30. The van der Waals surface area contributed by atoms with Crippen molar-refractivity contribution >= 4 is 45.2 Å². The van der Waals surface area contributed by atoms with Crippen molar-refractivity contribution in [3.63, 3.8) is 0 Å². The van der Waals surface area contributed by atoms with Crippen molar-refractivity contribution < 1.29 is 14.1 Å². The normalized spacial score (nSPS) is 15.9. The Hall–Kier alpha value is 0.300. The monoisotopic (exact) mass is 274 g/mol. The number of esters is 1. The van der Waals surface area contributed by atoms with E-state index < -0.39 is 10.8 Å². The van der Waals surface area contributed by atoms with E-state index in [9.17, 15) is 4.79 Å². The highest BCUT2D eigenvalue weighted by atomic mass is 35.7. The Labute approximate surface area is 97.8 Å². The van der Waals surface area contributed by atoms with Crippen molar-refractivity contribution in [3.8, 4) is 0 Å². The molecule has 0 bridgehead atoms. The van der Waals surface area contributed by atoms with Gasteiger partial charge in [0.1, 0.15) is 5.76 Å². The van der Waals surface area contributed by atoms with E-state index in [0.29, 0.717) is 5.76 Å². The van der Waals surface area contributed by atoms with Gasteiger partial charge in [-0.25, -0.2) is 4.79 Å². The van der Waals surface area contributed by atoms with Crippen LogP contribution in [-0.4, -0.2) is 18.8 Å². The van der Waals surface area contributed by atoms with E-state index in [1.165, 1.54) is 24.6 Å². The molecule has 0 fully saturated rings. The highest BCUT2D eigenvalue weighted by Gasteiger charge is 2.15. The van der Waals surface area contributed by atoms with Gasteiger partial charge in [-0.3, -0.25) is 0 Å². The summed E-state index contributed by atoms with van der Waals surface area (Å²) in [6.45, 7) is 3.56. The van der Waals surface area contributed by atoms with Crippen molar-refractivity contribution in [2.24, 2.45) is 0 Å². The zero-order valence-electron chi connectivity index (χ0n) is 8.15. The van der Waals surface area contributed by atoms with Gasteiger partial charge in [0.15, 0.2) is 0 Å². The second-order valence-electron chi connectivity index (χ2n) is 2.22. The lowest BCUT2D eigenvalue weighted by molar-refractivity contribution is -0.135. The predicted molar refractivity (Wildman–Crippen MR) is 65.1 cm³/mol. The van der Waals surface area contributed by atoms with E-state index in [0.717, 1.165) is 5.75 Å². The smallest absolute Gasteiger partial charge is 0.333 e. The number of methoxy groups -OCH3 is 1. The van der Waals surface area contributed by atoms with Crippen LogP contribution in [0.1, 0.15) is 13.8 Å². The lowest BCUT2D eigenvalue weighted by Crippen LogP contribution is -1.96. The molecule has 0 aromatic heterocycles. The van der Waals surface area contributed by atoms with E-state index in [4.69, 9.17) is 27.6 Å². The van der Waals surface area contributed by atoms with Crippen LogP contribution >= 0.6 is 27.4 Å². The number of hydrogen-bond acceptors (Lipinski definition) is 5. The molecular weight excluding hydrogens is 263 g/mol. The van der Waals surface area contributed by atoms with Gasteiger partial charge < -0.3 is 9.26 Å². The van der Waals surface area contributed by atoms with Gasteiger partial charge in [-0.1, -0.05) is 18.3 Å². The molecule has 82 valence electrons. The van der Waals surface area contributed by atoms with Crippen LogP contribution in [0.3, 0.4) is 0 Å². The van der Waals surface area contributed by atoms with Crippen LogP contribution < -0.4 is 0 Å². The Morgan fingerprint density at radius 1 is 1.71 bits per heavy atom. The molecule has 0 aliphatic heterocycles. The van der Waals surface area contributed by atoms with Crippen molar-refractivity contribution in [1.82, 2.24) is 0 Å². The summed E-state index contributed by atoms with van der Waals surface area (Å²) >= 11 is 12.3. The molecule has 0 heterocycles. The van der Waals surface area contributed by atoms with E-state index in [1.807, 2.05) is 6.92 Å². The van der Waals surface area contributed by atoms with Gasteiger partial charge in [-0.05, 0) is 35.7 Å². The third-order valence-electron chi connectivity index (χ3n) is 1.06. The van der Waals surface area contributed by atoms with Gasteiger partial charge in [-0.15, -0.1) is 0 Å². The lowest BCUT2D eigenvalue weighted by Gasteiger charge is -2.14. The third kappa shape index (κ3) is 6.71. The zero-order chi connectivity index (χ0) is 11.2. The maximum Gasteiger partial charge on any atom is 0.333 e. The topological polar surface area (TPSA) is 35.5 Å². The molecule has 0 aromatic rings. The minimum atomic E-state index is -2.37. The van der Waals surface area contributed by atoms with E-state index >= 15 is 0 Å². The second-order valence-corrected chi connectivity index (χ2v) is 11.3. The first-order valence-corrected chi connectivity index (χ1v) is 9.03. The molecule has 1 atom stereocenters. The van der Waals surface area contributed by atoms with Crippen LogP contribution in [0.25, 0.3) is 0 Å². The number of allylic oxidation sites excluding steroid dienone is 1. The summed E-state index contributed by atoms with van der Waals surface area (Å²) < 4.78 is 9.69. The van der Waals surface area contributed by atoms with Crippen LogP contribution in [0.2, 0.25) is 0 Å². The Balaban J connectivity index is 4.31. The molecule has 0 saturated heterocycles. The standard InChI is InChI=1S/C7H12ClO3PS2/c1-4-14-12(8,13)11-6(2)5-7(9)10-3/h5H,4H2,1-3H3. The number of ether oxygens (including phenoxy) is 1. The quantitative estimate of drug-likeness (QED) is 0.333. The molecule has 0 radical (unpaired) electrons. The Morgan fingerprint density at radius 2 is 2.29 bits per heavy atom. The van der Waals surface area contributed by atoms with Gasteiger partial charge in [-0.2, -0.15) is 0 Å². The first kappa shape index (κ1) is 14.3. The summed E-state index contributed by atoms with van der Waals surface area (Å²) in [5.41, 5.74) is 0. The van der Waals surface area contributed by atoms with Gasteiger partial charge in [0, 0.05) is 0 Å². The minimum absolute atomic E-state index is 0.385. The average molecular weight is 275 g/mol. The van der Waals surface area contributed by atoms with Gasteiger partial charge in [0.2, 0.25) is 0 Å². The number of hydrogen-bond donors (Lipinski definition) is 0. The van der Waals surface area contributed by atoms with Gasteiger partial charge in [0.05, 0.1) is 13.2 Å². The molecule has 14 heavy (non-hydrogen) atoms. The fraction of sp³-hybridized carbons (Fsp3) is 0.571. The third-order valence-corrected chi connectivity index (χ3v) is 6.31. The van der Waals surface area contributed by atoms with Gasteiger partial charge >= 0.3 is 5.97 Å². The average Bonchev–Trinajstić information content (AvgIpc) is 2.02. The lowest BCUT2D eigenvalue weighted by atomic mass is 10.5. The van der Waals surface area contributed by atoms with Crippen molar-refractivity contribution in [2.75, 3.05) is 12.9 Å². The molecule has 7 heteroatoms. The maximum absolute atomic E-state index is 10.8. The molecule has 0 aliphatic carbocycles. The SMILES string of the molecule is CCSP(=S)(Cl)OC(C)=CC(=O)OC. The molecule has 0 spiro atoms. The molecule has 0 rings (SSSR count). The number of carbonyl (C=O) groups excluding carboxylic acids is 1. The highest BCUT2D eigenvalue weighted by Crippen LogP contribution is 2.65. The van der Waals surface area contributed by atoms with E-state index in [1.54, 1.807) is 6.92 Å². The molecular formula is C7H12ClO3PS2. The molecule has 0 N–H and O–H groups in total. The van der Waals surface area contributed by atoms with Crippen molar-refractivity contribution in [2.45, 2.75) is 13.8 Å². The molecule has 0 aliphatic rings. The first-order valence-electron chi connectivity index (χ1n) is 3.81. The maximum atomic E-state index is 10.8. The molecule has 0 saturated carbocycles. The first-order chi connectivity index (χ1) is 6.41. The van der Waals surface area contributed by atoms with Crippen LogP contribution in [0.5, 0.6) is 0 Å². The summed E-state index contributed by atoms with van der Waals surface area (Å²) in [6, 6.07) is 0. The fourth-order valence-corrected chi connectivity index (χ4v) is 5.30. The van der Waals surface area contributed by atoms with Crippen molar-refractivity contribution in [1.29, 1.82) is 0 Å². The van der Waals surface area contributed by atoms with Gasteiger partial charge in [0.25, 0.3) is 4.82 Å². The fourth-order valence-electron chi connectivity index (χ4n) is 0.604. The van der Waals surface area contributed by atoms with E-state index in [2.05, 4.69) is 4.74 Å². The van der Waals surface area contributed by atoms with Crippen LogP contribution in [0.15, 0.2) is 11.8 Å². The Morgan fingerprint density at radius 3 is 2.71 bits per heavy atom. The number of carbonyl (C=O) groups is 1. The molecule has 3 nitrogen and oxygen atoms in total. The summed E-state index contributed by atoms with van der Waals surface area (Å²) in [4.78, 5) is 8.45.